The summed E-state index contributed by atoms with van der Waals surface area (Å²) in [6, 6.07) is 2.15. The Hall–Kier alpha value is -1.57. The molecule has 1 aliphatic heterocycles. The second-order valence-corrected chi connectivity index (χ2v) is 6.00. The zero-order valence-corrected chi connectivity index (χ0v) is 9.55. The summed E-state index contributed by atoms with van der Waals surface area (Å²) in [5.74, 6) is -1.56. The Morgan fingerprint density at radius 2 is 1.94 bits per heavy atom. The highest BCUT2D eigenvalue weighted by molar-refractivity contribution is 7.93. The van der Waals surface area contributed by atoms with Gasteiger partial charge in [-0.05, 0) is 23.8 Å². The standard InChI is InChI=1S/C10H7F3O4S/c11-10(12,13)6-1-2-7-5(3-6)4-8(9(14)15)18(7,16)17/h1-3,8H,4H2,(H,14,15). The van der Waals surface area contributed by atoms with Crippen molar-refractivity contribution in [3.63, 3.8) is 0 Å². The average molecular weight is 280 g/mol. The Morgan fingerprint density at radius 1 is 1.33 bits per heavy atom. The quantitative estimate of drug-likeness (QED) is 0.846. The van der Waals surface area contributed by atoms with E-state index >= 15 is 0 Å². The minimum Gasteiger partial charge on any atom is -0.480 e. The Kier molecular flexibility index (Phi) is 2.65. The van der Waals surface area contributed by atoms with Crippen molar-refractivity contribution in [1.29, 1.82) is 0 Å². The van der Waals surface area contributed by atoms with Crippen LogP contribution in [0.5, 0.6) is 0 Å². The van der Waals surface area contributed by atoms with Crippen LogP contribution >= 0.6 is 0 Å². The molecule has 98 valence electrons. The maximum Gasteiger partial charge on any atom is 0.416 e. The number of halogens is 3. The molecule has 0 saturated heterocycles. The van der Waals surface area contributed by atoms with Crippen molar-refractivity contribution in [3.8, 4) is 0 Å². The van der Waals surface area contributed by atoms with Crippen molar-refractivity contribution in [2.24, 2.45) is 0 Å². The van der Waals surface area contributed by atoms with Crippen LogP contribution in [0, 0.1) is 0 Å². The fourth-order valence-electron chi connectivity index (χ4n) is 1.88. The summed E-state index contributed by atoms with van der Waals surface area (Å²) in [6.07, 6.45) is -5.02. The first-order chi connectivity index (χ1) is 8.14. The number of aliphatic carboxylic acids is 1. The lowest BCUT2D eigenvalue weighted by atomic mass is 10.1. The third-order valence-electron chi connectivity index (χ3n) is 2.75. The molecule has 1 atom stereocenters. The topological polar surface area (TPSA) is 71.4 Å². The molecule has 1 unspecified atom stereocenters. The molecule has 0 aromatic heterocycles. The Morgan fingerprint density at radius 3 is 2.44 bits per heavy atom. The number of rotatable bonds is 1. The SMILES string of the molecule is O=C(O)C1Cc2cc(C(F)(F)F)ccc2S1(=O)=O. The summed E-state index contributed by atoms with van der Waals surface area (Å²) in [7, 11) is -4.07. The Bertz CT molecular complexity index is 619. The van der Waals surface area contributed by atoms with E-state index < -0.39 is 39.2 Å². The third kappa shape index (κ3) is 1.86. The molecule has 0 aliphatic carbocycles. The average Bonchev–Trinajstić information content (AvgIpc) is 2.49. The van der Waals surface area contributed by atoms with Crippen molar-refractivity contribution in [2.75, 3.05) is 0 Å². The van der Waals surface area contributed by atoms with Crippen LogP contribution in [0.2, 0.25) is 0 Å². The monoisotopic (exact) mass is 280 g/mol. The zero-order valence-electron chi connectivity index (χ0n) is 8.73. The minimum atomic E-state index is -4.58. The predicted octanol–water partition coefficient (Wildman–Crippen LogP) is 1.49. The van der Waals surface area contributed by atoms with Crippen molar-refractivity contribution in [1.82, 2.24) is 0 Å². The fraction of sp³-hybridized carbons (Fsp3) is 0.300. The minimum absolute atomic E-state index is 0.0998. The van der Waals surface area contributed by atoms with Gasteiger partial charge in [0.25, 0.3) is 0 Å². The highest BCUT2D eigenvalue weighted by Gasteiger charge is 2.43. The first-order valence-corrected chi connectivity index (χ1v) is 6.35. The number of sulfone groups is 1. The number of carboxylic acid groups (broad SMARTS) is 1. The zero-order chi connectivity index (χ0) is 13.7. The van der Waals surface area contributed by atoms with Gasteiger partial charge in [-0.15, -0.1) is 0 Å². The number of fused-ring (bicyclic) bond motifs is 1. The van der Waals surface area contributed by atoms with E-state index in [2.05, 4.69) is 0 Å². The van der Waals surface area contributed by atoms with Gasteiger partial charge in [0.2, 0.25) is 0 Å². The third-order valence-corrected chi connectivity index (χ3v) is 4.88. The lowest BCUT2D eigenvalue weighted by Crippen LogP contribution is -2.26. The molecule has 1 N–H and O–H groups in total. The predicted molar refractivity (Wildman–Crippen MR) is 53.8 cm³/mol. The van der Waals surface area contributed by atoms with Gasteiger partial charge in [0.1, 0.15) is 0 Å². The molecule has 0 bridgehead atoms. The van der Waals surface area contributed by atoms with E-state index in [0.717, 1.165) is 6.07 Å². The lowest BCUT2D eigenvalue weighted by molar-refractivity contribution is -0.137. The highest BCUT2D eigenvalue weighted by Crippen LogP contribution is 2.36. The number of benzene rings is 1. The molecular formula is C10H7F3O4S. The lowest BCUT2D eigenvalue weighted by Gasteiger charge is -2.07. The van der Waals surface area contributed by atoms with Gasteiger partial charge in [0.05, 0.1) is 10.5 Å². The molecule has 1 heterocycles. The van der Waals surface area contributed by atoms with Gasteiger partial charge in [-0.1, -0.05) is 0 Å². The number of hydrogen-bond donors (Lipinski definition) is 1. The first kappa shape index (κ1) is 12.9. The van der Waals surface area contributed by atoms with Gasteiger partial charge in [0, 0.05) is 6.42 Å². The summed E-state index contributed by atoms with van der Waals surface area (Å²) < 4.78 is 60.8. The van der Waals surface area contributed by atoms with Crippen LogP contribution in [0.15, 0.2) is 23.1 Å². The van der Waals surface area contributed by atoms with E-state index in [1.54, 1.807) is 0 Å². The second kappa shape index (κ2) is 3.71. The largest absolute Gasteiger partial charge is 0.480 e. The van der Waals surface area contributed by atoms with E-state index in [9.17, 15) is 26.4 Å². The molecule has 1 aromatic carbocycles. The molecule has 0 saturated carbocycles. The Balaban J connectivity index is 2.56. The maximum absolute atomic E-state index is 12.4. The van der Waals surface area contributed by atoms with Crippen LogP contribution in [0.25, 0.3) is 0 Å². The summed E-state index contributed by atoms with van der Waals surface area (Å²) in [5.41, 5.74) is -1.08. The normalized spacial score (nSPS) is 21.6. The van der Waals surface area contributed by atoms with Crippen LogP contribution in [-0.2, 0) is 27.2 Å². The molecule has 0 radical (unpaired) electrons. The molecule has 1 aliphatic rings. The number of hydrogen-bond acceptors (Lipinski definition) is 3. The van der Waals surface area contributed by atoms with Crippen LogP contribution in [-0.4, -0.2) is 24.7 Å². The van der Waals surface area contributed by atoms with Crippen LogP contribution < -0.4 is 0 Å². The molecule has 4 nitrogen and oxygen atoms in total. The molecule has 8 heteroatoms. The molecule has 2 rings (SSSR count). The molecule has 0 spiro atoms. The summed E-state index contributed by atoms with van der Waals surface area (Å²) in [5, 5.41) is 7.05. The molecule has 1 aromatic rings. The molecule has 18 heavy (non-hydrogen) atoms. The van der Waals surface area contributed by atoms with Crippen LogP contribution in [0.1, 0.15) is 11.1 Å². The van der Waals surface area contributed by atoms with Crippen molar-refractivity contribution in [2.45, 2.75) is 22.7 Å². The number of carboxylic acids is 1. The van der Waals surface area contributed by atoms with E-state index in [4.69, 9.17) is 5.11 Å². The maximum atomic E-state index is 12.4. The fourth-order valence-corrected chi connectivity index (χ4v) is 3.61. The summed E-state index contributed by atoms with van der Waals surface area (Å²) in [4.78, 5) is 10.4. The van der Waals surface area contributed by atoms with Gasteiger partial charge in [-0.2, -0.15) is 13.2 Å². The van der Waals surface area contributed by atoms with E-state index in [1.807, 2.05) is 0 Å². The van der Waals surface area contributed by atoms with Crippen LogP contribution in [0.4, 0.5) is 13.2 Å². The smallest absolute Gasteiger partial charge is 0.416 e. The van der Waals surface area contributed by atoms with E-state index in [-0.39, 0.29) is 10.5 Å². The van der Waals surface area contributed by atoms with Gasteiger partial charge in [-0.3, -0.25) is 4.79 Å². The van der Waals surface area contributed by atoms with Crippen molar-refractivity contribution >= 4 is 15.8 Å². The summed E-state index contributed by atoms with van der Waals surface area (Å²) >= 11 is 0. The molecular weight excluding hydrogens is 273 g/mol. The van der Waals surface area contributed by atoms with Gasteiger partial charge in [-0.25, -0.2) is 8.42 Å². The van der Waals surface area contributed by atoms with Crippen LogP contribution in [0.3, 0.4) is 0 Å². The van der Waals surface area contributed by atoms with E-state index in [0.29, 0.717) is 12.1 Å². The van der Waals surface area contributed by atoms with Gasteiger partial charge < -0.3 is 5.11 Å². The number of carbonyl (C=O) groups is 1. The molecule has 0 amide bonds. The molecule has 0 fully saturated rings. The van der Waals surface area contributed by atoms with Crippen molar-refractivity contribution < 1.29 is 31.5 Å². The summed E-state index contributed by atoms with van der Waals surface area (Å²) in [6.45, 7) is 0. The number of alkyl halides is 3. The van der Waals surface area contributed by atoms with Gasteiger partial charge >= 0.3 is 12.1 Å². The Labute approximate surface area is 100.0 Å². The van der Waals surface area contributed by atoms with Crippen molar-refractivity contribution in [3.05, 3.63) is 29.3 Å². The second-order valence-electron chi connectivity index (χ2n) is 3.90. The van der Waals surface area contributed by atoms with E-state index in [1.165, 1.54) is 0 Å². The first-order valence-electron chi connectivity index (χ1n) is 4.81. The van der Waals surface area contributed by atoms with Gasteiger partial charge in [0.15, 0.2) is 15.1 Å². The highest BCUT2D eigenvalue weighted by atomic mass is 32.2.